The van der Waals surface area contributed by atoms with Gasteiger partial charge in [-0.25, -0.2) is 0 Å². The lowest BCUT2D eigenvalue weighted by molar-refractivity contribution is -0.214. The summed E-state index contributed by atoms with van der Waals surface area (Å²) in [5.41, 5.74) is -3.78. The molecule has 4 aromatic heterocycles. The molecule has 16 nitrogen and oxygen atoms in total. The molecular formula is C54H68Cl2F6N8O8. The Bertz CT molecular complexity index is 2840. The third-order valence-electron chi connectivity index (χ3n) is 15.3. The van der Waals surface area contributed by atoms with Crippen LogP contribution in [-0.4, -0.2) is 125 Å². The van der Waals surface area contributed by atoms with Crippen LogP contribution in [0.3, 0.4) is 0 Å². The number of ketones is 2. The molecule has 4 aromatic rings. The second-order valence-corrected chi connectivity index (χ2v) is 23.2. The van der Waals surface area contributed by atoms with Gasteiger partial charge in [0.2, 0.25) is 0 Å². The molecule has 2 aliphatic carbocycles. The molecule has 428 valence electrons. The number of nitrogens with zero attached hydrogens (tertiary/aromatic N) is 8. The number of halogens is 8. The molecule has 0 atom stereocenters. The molecule has 4 heterocycles. The van der Waals surface area contributed by atoms with Gasteiger partial charge in [0.15, 0.2) is 11.6 Å². The average Bonchev–Trinajstić information content (AvgIpc) is 3.92. The van der Waals surface area contributed by atoms with Crippen molar-refractivity contribution < 1.29 is 65.0 Å². The van der Waals surface area contributed by atoms with E-state index in [-0.39, 0.29) is 50.4 Å². The summed E-state index contributed by atoms with van der Waals surface area (Å²) in [7, 11) is 0. The van der Waals surface area contributed by atoms with E-state index in [2.05, 4.69) is 20.2 Å². The Morgan fingerprint density at radius 2 is 0.974 bits per heavy atom. The van der Waals surface area contributed by atoms with Crippen LogP contribution < -0.4 is 0 Å². The van der Waals surface area contributed by atoms with Crippen molar-refractivity contribution >= 4 is 58.5 Å². The van der Waals surface area contributed by atoms with Gasteiger partial charge in [-0.2, -0.15) is 36.5 Å². The van der Waals surface area contributed by atoms with Crippen molar-refractivity contribution in [3.63, 3.8) is 0 Å². The quantitative estimate of drug-likeness (QED) is 0.0597. The molecular weight excluding hydrogens is 1070 g/mol. The molecule has 0 aliphatic heterocycles. The molecule has 0 radical (unpaired) electrons. The molecule has 0 bridgehead atoms. The number of ether oxygens (including phenoxy) is 1. The lowest BCUT2D eigenvalue weighted by atomic mass is 9.74. The molecule has 78 heavy (non-hydrogen) atoms. The Morgan fingerprint density at radius 1 is 0.628 bits per heavy atom. The molecule has 24 heteroatoms. The maximum absolute atomic E-state index is 13.8. The van der Waals surface area contributed by atoms with Crippen LogP contribution in [0.2, 0.25) is 10.0 Å². The summed E-state index contributed by atoms with van der Waals surface area (Å²) in [4.78, 5) is 87.3. The zero-order valence-corrected chi connectivity index (χ0v) is 47.2. The van der Waals surface area contributed by atoms with Crippen LogP contribution in [0.5, 0.6) is 0 Å². The van der Waals surface area contributed by atoms with Crippen molar-refractivity contribution in [1.82, 2.24) is 39.3 Å². The second kappa shape index (κ2) is 24.2. The van der Waals surface area contributed by atoms with Crippen molar-refractivity contribution in [2.24, 2.45) is 21.7 Å². The molecule has 2 fully saturated rings. The lowest BCUT2D eigenvalue weighted by Crippen LogP contribution is -2.47. The molecule has 0 aromatic carbocycles. The number of carboxylic acid groups (broad SMARTS) is 1. The first kappa shape index (κ1) is 62.9. The molecule has 2 saturated carbocycles. The summed E-state index contributed by atoms with van der Waals surface area (Å²) in [5.74, 6) is -3.78. The smallest absolute Gasteiger partial charge is 0.395 e. The van der Waals surface area contributed by atoms with Gasteiger partial charge in [-0.15, -0.1) is 0 Å². The lowest BCUT2D eigenvalue weighted by Gasteiger charge is -2.35. The highest BCUT2D eigenvalue weighted by Gasteiger charge is 2.51. The highest BCUT2D eigenvalue weighted by Crippen LogP contribution is 2.44. The Labute approximate surface area is 459 Å². The van der Waals surface area contributed by atoms with Crippen molar-refractivity contribution in [2.75, 3.05) is 32.8 Å². The van der Waals surface area contributed by atoms with Crippen LogP contribution in [0, 0.1) is 49.4 Å². The van der Waals surface area contributed by atoms with Crippen LogP contribution in [0.4, 0.5) is 26.3 Å². The van der Waals surface area contributed by atoms with Crippen molar-refractivity contribution in [2.45, 2.75) is 152 Å². The van der Waals surface area contributed by atoms with E-state index in [0.717, 1.165) is 37.5 Å². The number of rotatable bonds is 17. The number of carbonyl (C=O) groups is 6. The highest BCUT2D eigenvalue weighted by molar-refractivity contribution is 6.34. The van der Waals surface area contributed by atoms with Gasteiger partial charge in [0.25, 0.3) is 11.8 Å². The monoisotopic (exact) mass is 1140 g/mol. The van der Waals surface area contributed by atoms with Gasteiger partial charge in [-0.3, -0.25) is 48.1 Å². The average molecular weight is 1140 g/mol. The number of carboxylic acids is 1. The topological polar surface area (TPSA) is 200 Å². The number of aryl methyl sites for hydroxylation is 2. The predicted octanol–water partition coefficient (Wildman–Crippen LogP) is 11.8. The van der Waals surface area contributed by atoms with Gasteiger partial charge >= 0.3 is 24.3 Å². The summed E-state index contributed by atoms with van der Waals surface area (Å²) in [5, 5.41) is 18.3. The summed E-state index contributed by atoms with van der Waals surface area (Å²) < 4.78 is 91.4. The van der Waals surface area contributed by atoms with Gasteiger partial charge in [-0.1, -0.05) is 23.2 Å². The first-order chi connectivity index (χ1) is 36.0. The maximum atomic E-state index is 13.8. The van der Waals surface area contributed by atoms with E-state index in [1.54, 1.807) is 50.9 Å². The van der Waals surface area contributed by atoms with Crippen LogP contribution in [-0.2, 0) is 14.3 Å². The zero-order chi connectivity index (χ0) is 58.7. The van der Waals surface area contributed by atoms with Crippen LogP contribution in [0.25, 0.3) is 0 Å². The van der Waals surface area contributed by atoms with E-state index in [1.807, 2.05) is 6.92 Å². The van der Waals surface area contributed by atoms with Gasteiger partial charge in [-0.05, 0) is 139 Å². The molecule has 2 amide bonds. The fourth-order valence-corrected chi connectivity index (χ4v) is 10.5. The number of aliphatic carboxylic acids is 1. The molecule has 1 N–H and O–H groups in total. The normalized spacial score (nSPS) is 20.0. The van der Waals surface area contributed by atoms with Gasteiger partial charge in [0.1, 0.15) is 0 Å². The maximum Gasteiger partial charge on any atom is 0.395 e. The first-order valence-electron chi connectivity index (χ1n) is 25.5. The van der Waals surface area contributed by atoms with E-state index >= 15 is 0 Å². The summed E-state index contributed by atoms with van der Waals surface area (Å²) >= 11 is 12.3. The van der Waals surface area contributed by atoms with Gasteiger partial charge in [0.05, 0.1) is 87.0 Å². The summed E-state index contributed by atoms with van der Waals surface area (Å²) in [6.07, 6.45) is 3.08. The number of hydrogen-bond donors (Lipinski definition) is 1. The second-order valence-electron chi connectivity index (χ2n) is 22.3. The number of pyridine rings is 2. The fourth-order valence-electron chi connectivity index (χ4n) is 9.84. The third kappa shape index (κ3) is 13.9. The number of amides is 2. The largest absolute Gasteiger partial charge is 0.481 e. The molecule has 0 spiro atoms. The van der Waals surface area contributed by atoms with Crippen molar-refractivity contribution in [3.05, 3.63) is 92.0 Å². The van der Waals surface area contributed by atoms with E-state index in [9.17, 15) is 60.2 Å². The van der Waals surface area contributed by atoms with Gasteiger partial charge < -0.3 is 19.6 Å². The Balaban J connectivity index is 0.000000288. The number of Topliss-reactive ketones (excluding diaryl/α,β-unsaturated/α-hetero) is 2. The van der Waals surface area contributed by atoms with Crippen molar-refractivity contribution in [1.29, 1.82) is 0 Å². The van der Waals surface area contributed by atoms with Crippen LogP contribution in [0.15, 0.2) is 37.2 Å². The van der Waals surface area contributed by atoms with E-state index in [1.165, 1.54) is 37.2 Å². The van der Waals surface area contributed by atoms with Crippen LogP contribution >= 0.6 is 23.2 Å². The first-order valence-corrected chi connectivity index (χ1v) is 26.2. The SMILES string of the molecule is CCOC(=O)C1(C)CCC(n2ncc(C(=O)N(CC(=O)c3c(C)cncc3Cl)CC(C)(C)C(F)(F)F)c2C)CC1.Cc1cncc(Cl)c1C(=O)CN(CC(C)(C)C(F)(F)F)C(=O)c1cnn(C2CCC(C)(C(=O)O)CC2)c1C. The third-order valence-corrected chi connectivity index (χ3v) is 15.9. The number of alkyl halides is 6. The van der Waals surface area contributed by atoms with Crippen LogP contribution in [0.1, 0.15) is 176 Å². The Hall–Kier alpha value is -5.90. The summed E-state index contributed by atoms with van der Waals surface area (Å²) in [6, 6.07) is -0.243. The van der Waals surface area contributed by atoms with Gasteiger partial charge in [0, 0.05) is 60.4 Å². The molecule has 0 unspecified atom stereocenters. The van der Waals surface area contributed by atoms with E-state index in [4.69, 9.17) is 27.9 Å². The van der Waals surface area contributed by atoms with E-state index in [0.29, 0.717) is 80.5 Å². The number of esters is 1. The predicted molar refractivity (Wildman–Crippen MR) is 278 cm³/mol. The molecule has 6 rings (SSSR count). The molecule has 0 saturated heterocycles. The van der Waals surface area contributed by atoms with E-state index < -0.39 is 89.5 Å². The Morgan fingerprint density at radius 3 is 1.28 bits per heavy atom. The minimum Gasteiger partial charge on any atom is -0.481 e. The molecule has 2 aliphatic rings. The minimum atomic E-state index is -4.63. The standard InChI is InChI=1S/C28H36ClF3N4O4.C26H32ClF3N4O4/c1-7-40-25(39)27(6)10-8-19(9-11-27)36-18(3)20(13-34-36)24(38)35(16-26(4,5)28(30,31)32)15-22(37)23-17(2)12-33-14-21(23)29;1-15-10-31-12-19(27)21(15)20(35)13-33(14-24(3,4)26(28,29)30)22(36)18-11-32-34(16(18)2)17-6-8-25(5,9-7-17)23(37)38/h12-14,19H,7-11,15-16H2,1-6H3;10-12,17H,6-9,13-14H2,1-5H3,(H,37,38). The summed E-state index contributed by atoms with van der Waals surface area (Å²) in [6.45, 7) is 13.4. The zero-order valence-electron chi connectivity index (χ0n) is 45.7. The number of carbonyl (C=O) groups excluding carboxylic acids is 5. The number of hydrogen-bond acceptors (Lipinski definition) is 11. The van der Waals surface area contributed by atoms with Crippen molar-refractivity contribution in [3.8, 4) is 0 Å². The number of aromatic nitrogens is 6. The minimum absolute atomic E-state index is 0.0483. The Kier molecular flexibility index (Phi) is 19.5. The highest BCUT2D eigenvalue weighted by atomic mass is 35.5. The fraction of sp³-hybridized carbons (Fsp3) is 0.593.